The van der Waals surface area contributed by atoms with Crippen LogP contribution in [-0.4, -0.2) is 25.8 Å². The van der Waals surface area contributed by atoms with Crippen molar-refractivity contribution in [3.8, 4) is 16.9 Å². The number of nitrogens with zero attached hydrogens (tertiary/aromatic N) is 3. The van der Waals surface area contributed by atoms with Gasteiger partial charge in [-0.1, -0.05) is 48.0 Å². The van der Waals surface area contributed by atoms with E-state index >= 15 is 0 Å². The molecule has 1 atom stereocenters. The molecule has 0 aliphatic carbocycles. The molecule has 1 aromatic heterocycles. The third-order valence-electron chi connectivity index (χ3n) is 5.55. The van der Waals surface area contributed by atoms with Gasteiger partial charge in [-0.25, -0.2) is 4.98 Å². The van der Waals surface area contributed by atoms with Crippen LogP contribution in [0.2, 0.25) is 5.02 Å². The molecule has 0 amide bonds. The summed E-state index contributed by atoms with van der Waals surface area (Å²) in [4.78, 5) is 15.6. The van der Waals surface area contributed by atoms with E-state index in [1.807, 2.05) is 61.5 Å². The Kier molecular flexibility index (Phi) is 6.75. The normalized spacial score (nSPS) is 11.8. The number of hydrogen-bond acceptors (Lipinski definition) is 4. The molecule has 1 heterocycles. The van der Waals surface area contributed by atoms with E-state index in [-0.39, 0.29) is 12.3 Å². The Labute approximate surface area is 197 Å². The third kappa shape index (κ3) is 5.41. The number of hydrogen-bond donors (Lipinski definition) is 1. The van der Waals surface area contributed by atoms with Crippen LogP contribution in [0.4, 0.5) is 0 Å². The molecule has 33 heavy (non-hydrogen) atoms. The molecule has 0 saturated carbocycles. The standard InChI is InChI=1S/C26H24ClN3O3/c1-17-12-21(27)8-11-23(17)20-5-3-4-18(13-20)15-33-22-9-6-19(7-10-22)24(14-25(31)32)26-28-16-29-30(26)2/h3-13,16,24H,14-15H2,1-2H3,(H,31,32)/t24-/m0/s1. The van der Waals surface area contributed by atoms with Gasteiger partial charge in [0, 0.05) is 12.1 Å². The maximum atomic E-state index is 11.4. The van der Waals surface area contributed by atoms with Crippen LogP contribution in [-0.2, 0) is 18.4 Å². The second-order valence-electron chi connectivity index (χ2n) is 7.91. The quantitative estimate of drug-likeness (QED) is 0.368. The van der Waals surface area contributed by atoms with E-state index in [9.17, 15) is 9.90 Å². The first-order chi connectivity index (χ1) is 15.9. The van der Waals surface area contributed by atoms with Crippen molar-refractivity contribution in [2.45, 2.75) is 25.9 Å². The van der Waals surface area contributed by atoms with Crippen LogP contribution >= 0.6 is 11.6 Å². The summed E-state index contributed by atoms with van der Waals surface area (Å²) in [6.07, 6.45) is 1.37. The molecule has 0 spiro atoms. The summed E-state index contributed by atoms with van der Waals surface area (Å²) in [5.41, 5.74) is 5.27. The Balaban J connectivity index is 1.47. The third-order valence-corrected chi connectivity index (χ3v) is 5.79. The number of rotatable bonds is 8. The van der Waals surface area contributed by atoms with Crippen LogP contribution < -0.4 is 4.74 Å². The molecule has 0 unspecified atom stereocenters. The highest BCUT2D eigenvalue weighted by Crippen LogP contribution is 2.29. The topological polar surface area (TPSA) is 77.2 Å². The second-order valence-corrected chi connectivity index (χ2v) is 8.35. The Morgan fingerprint density at radius 2 is 1.91 bits per heavy atom. The first kappa shape index (κ1) is 22.6. The van der Waals surface area contributed by atoms with E-state index < -0.39 is 5.97 Å². The van der Waals surface area contributed by atoms with E-state index in [2.05, 4.69) is 22.2 Å². The van der Waals surface area contributed by atoms with Crippen molar-refractivity contribution < 1.29 is 14.6 Å². The molecule has 4 rings (SSSR count). The van der Waals surface area contributed by atoms with Crippen LogP contribution in [0.15, 0.2) is 73.1 Å². The largest absolute Gasteiger partial charge is 0.489 e. The maximum Gasteiger partial charge on any atom is 0.304 e. The average molecular weight is 462 g/mol. The van der Waals surface area contributed by atoms with Gasteiger partial charge < -0.3 is 9.84 Å². The van der Waals surface area contributed by atoms with E-state index in [4.69, 9.17) is 16.3 Å². The molecule has 7 heteroatoms. The number of aromatic nitrogens is 3. The Hall–Kier alpha value is -3.64. The molecule has 0 radical (unpaired) electrons. The van der Waals surface area contributed by atoms with E-state index in [0.29, 0.717) is 18.2 Å². The highest BCUT2D eigenvalue weighted by Gasteiger charge is 2.22. The van der Waals surface area contributed by atoms with Crippen molar-refractivity contribution in [3.63, 3.8) is 0 Å². The van der Waals surface area contributed by atoms with Crippen molar-refractivity contribution in [1.29, 1.82) is 0 Å². The predicted octanol–water partition coefficient (Wildman–Crippen LogP) is 5.63. The maximum absolute atomic E-state index is 11.4. The van der Waals surface area contributed by atoms with E-state index in [0.717, 1.165) is 32.8 Å². The van der Waals surface area contributed by atoms with Gasteiger partial charge in [0.1, 0.15) is 24.5 Å². The number of carboxylic acids is 1. The lowest BCUT2D eigenvalue weighted by Crippen LogP contribution is -2.13. The van der Waals surface area contributed by atoms with Crippen LogP contribution in [0.25, 0.3) is 11.1 Å². The fourth-order valence-corrected chi connectivity index (χ4v) is 4.12. The molecule has 0 aliphatic rings. The smallest absolute Gasteiger partial charge is 0.304 e. The minimum Gasteiger partial charge on any atom is -0.489 e. The number of carbonyl (C=O) groups is 1. The number of ether oxygens (including phenoxy) is 1. The molecule has 0 saturated heterocycles. The average Bonchev–Trinajstić information content (AvgIpc) is 3.22. The van der Waals surface area contributed by atoms with Crippen molar-refractivity contribution in [1.82, 2.24) is 14.8 Å². The predicted molar refractivity (Wildman–Crippen MR) is 127 cm³/mol. The summed E-state index contributed by atoms with van der Waals surface area (Å²) in [6.45, 7) is 2.46. The Morgan fingerprint density at radius 1 is 1.12 bits per heavy atom. The summed E-state index contributed by atoms with van der Waals surface area (Å²) in [5, 5.41) is 14.1. The molecule has 0 bridgehead atoms. The van der Waals surface area contributed by atoms with E-state index in [1.54, 1.807) is 11.7 Å². The van der Waals surface area contributed by atoms with Gasteiger partial charge in [0.2, 0.25) is 0 Å². The molecule has 1 N–H and O–H groups in total. The van der Waals surface area contributed by atoms with Crippen molar-refractivity contribution >= 4 is 17.6 Å². The van der Waals surface area contributed by atoms with Crippen molar-refractivity contribution in [2.24, 2.45) is 7.05 Å². The summed E-state index contributed by atoms with van der Waals surface area (Å²) in [6, 6.07) is 21.6. The first-order valence-corrected chi connectivity index (χ1v) is 10.9. The zero-order chi connectivity index (χ0) is 23.4. The second kappa shape index (κ2) is 9.88. The minimum absolute atomic E-state index is 0.0658. The molecule has 4 aromatic rings. The number of halogens is 1. The summed E-state index contributed by atoms with van der Waals surface area (Å²) in [7, 11) is 1.76. The molecular weight excluding hydrogens is 438 g/mol. The van der Waals surface area contributed by atoms with Crippen LogP contribution in [0, 0.1) is 6.92 Å². The summed E-state index contributed by atoms with van der Waals surface area (Å²) in [5.74, 6) is 0.0433. The number of carboxylic acid groups (broad SMARTS) is 1. The SMILES string of the molecule is Cc1cc(Cl)ccc1-c1cccc(COc2ccc([C@H](CC(=O)O)c3ncnn3C)cc2)c1. The molecule has 168 valence electrons. The van der Waals surface area contributed by atoms with Gasteiger partial charge in [-0.05, 0) is 65.1 Å². The lowest BCUT2D eigenvalue weighted by molar-refractivity contribution is -0.137. The highest BCUT2D eigenvalue weighted by molar-refractivity contribution is 6.30. The fourth-order valence-electron chi connectivity index (χ4n) is 3.90. The number of aryl methyl sites for hydroxylation is 2. The molecule has 0 fully saturated rings. The first-order valence-electron chi connectivity index (χ1n) is 10.5. The number of aliphatic carboxylic acids is 1. The van der Waals surface area contributed by atoms with Crippen molar-refractivity contribution in [2.75, 3.05) is 0 Å². The minimum atomic E-state index is -0.890. The van der Waals surface area contributed by atoms with Gasteiger partial charge in [0.25, 0.3) is 0 Å². The van der Waals surface area contributed by atoms with E-state index in [1.165, 1.54) is 6.33 Å². The Bertz CT molecular complexity index is 1270. The Morgan fingerprint density at radius 3 is 2.58 bits per heavy atom. The summed E-state index contributed by atoms with van der Waals surface area (Å²) >= 11 is 6.09. The lowest BCUT2D eigenvalue weighted by atomic mass is 9.95. The number of benzene rings is 3. The zero-order valence-electron chi connectivity index (χ0n) is 18.4. The molecule has 6 nitrogen and oxygen atoms in total. The fraction of sp³-hybridized carbons (Fsp3) is 0.192. The van der Waals surface area contributed by atoms with Gasteiger partial charge in [0.15, 0.2) is 0 Å². The van der Waals surface area contributed by atoms with Gasteiger partial charge in [0.05, 0.1) is 12.3 Å². The van der Waals surface area contributed by atoms with Gasteiger partial charge in [-0.2, -0.15) is 5.10 Å². The van der Waals surface area contributed by atoms with Gasteiger partial charge in [-0.15, -0.1) is 0 Å². The highest BCUT2D eigenvalue weighted by atomic mass is 35.5. The molecule has 0 aliphatic heterocycles. The molecule has 3 aromatic carbocycles. The zero-order valence-corrected chi connectivity index (χ0v) is 19.2. The summed E-state index contributed by atoms with van der Waals surface area (Å²) < 4.78 is 7.60. The van der Waals surface area contributed by atoms with Crippen LogP contribution in [0.1, 0.15) is 34.9 Å². The van der Waals surface area contributed by atoms with Gasteiger partial charge in [-0.3, -0.25) is 9.48 Å². The molecular formula is C26H24ClN3O3. The lowest BCUT2D eigenvalue weighted by Gasteiger charge is -2.15. The van der Waals surface area contributed by atoms with Crippen molar-refractivity contribution in [3.05, 3.63) is 101 Å². The van der Waals surface area contributed by atoms with Crippen LogP contribution in [0.5, 0.6) is 5.75 Å². The monoisotopic (exact) mass is 461 g/mol. The van der Waals surface area contributed by atoms with Crippen LogP contribution in [0.3, 0.4) is 0 Å². The van der Waals surface area contributed by atoms with Gasteiger partial charge >= 0.3 is 5.97 Å².